The lowest BCUT2D eigenvalue weighted by molar-refractivity contribution is -0.124. The van der Waals surface area contributed by atoms with Crippen LogP contribution in [0.25, 0.3) is 0 Å². The van der Waals surface area contributed by atoms with Crippen LogP contribution >= 0.6 is 11.6 Å². The molecule has 1 aliphatic rings. The molecule has 0 aromatic heterocycles. The normalized spacial score (nSPS) is 14.4. The van der Waals surface area contributed by atoms with E-state index in [0.717, 1.165) is 4.90 Å². The monoisotopic (exact) mass is 430 g/mol. The van der Waals surface area contributed by atoms with Crippen LogP contribution in [0.4, 0.5) is 11.4 Å². The maximum Gasteiger partial charge on any atom is 0.338 e. The Hall–Kier alpha value is -3.39. The third-order valence-corrected chi connectivity index (χ3v) is 4.72. The molecule has 0 saturated carbocycles. The van der Waals surface area contributed by atoms with E-state index in [2.05, 4.69) is 5.32 Å². The molecule has 0 spiro atoms. The summed E-state index contributed by atoms with van der Waals surface area (Å²) in [6.07, 6.45) is -0.748. The van der Waals surface area contributed by atoms with Crippen molar-refractivity contribution in [3.8, 4) is 5.75 Å². The molecule has 1 atom stereocenters. The van der Waals surface area contributed by atoms with E-state index in [1.165, 1.54) is 44.4 Å². The summed E-state index contributed by atoms with van der Waals surface area (Å²) >= 11 is 5.94. The summed E-state index contributed by atoms with van der Waals surface area (Å²) in [6, 6.07) is 10.6. The topological polar surface area (TPSA) is 102 Å². The van der Waals surface area contributed by atoms with Gasteiger partial charge in [-0.05, 0) is 49.4 Å². The van der Waals surface area contributed by atoms with Gasteiger partial charge >= 0.3 is 5.97 Å². The Balaban J connectivity index is 1.64. The molecule has 30 heavy (non-hydrogen) atoms. The van der Waals surface area contributed by atoms with Crippen molar-refractivity contribution in [2.24, 2.45) is 0 Å². The van der Waals surface area contributed by atoms with Gasteiger partial charge in [-0.1, -0.05) is 11.6 Å². The van der Waals surface area contributed by atoms with Gasteiger partial charge in [-0.3, -0.25) is 19.3 Å². The minimum Gasteiger partial charge on any atom is -0.495 e. The second-order valence-electron chi connectivity index (χ2n) is 6.55. The average Bonchev–Trinajstić information content (AvgIpc) is 3.06. The number of hydrogen-bond donors (Lipinski definition) is 1. The van der Waals surface area contributed by atoms with E-state index in [1.54, 1.807) is 12.1 Å². The summed E-state index contributed by atoms with van der Waals surface area (Å²) in [5.41, 5.74) is 0.915. The Labute approximate surface area is 177 Å². The molecule has 3 rings (SSSR count). The van der Waals surface area contributed by atoms with Crippen LogP contribution in [0, 0.1) is 0 Å². The van der Waals surface area contributed by atoms with Crippen LogP contribution in [0.1, 0.15) is 30.1 Å². The molecule has 1 N–H and O–H groups in total. The summed E-state index contributed by atoms with van der Waals surface area (Å²) in [4.78, 5) is 49.4. The van der Waals surface area contributed by atoms with Crippen LogP contribution in [-0.2, 0) is 19.1 Å². The van der Waals surface area contributed by atoms with Crippen molar-refractivity contribution in [3.05, 3.63) is 53.1 Å². The van der Waals surface area contributed by atoms with E-state index in [4.69, 9.17) is 21.1 Å². The number of carbonyl (C=O) groups excluding carboxylic acids is 4. The fourth-order valence-corrected chi connectivity index (χ4v) is 3.08. The maximum absolute atomic E-state index is 12.4. The van der Waals surface area contributed by atoms with Crippen LogP contribution in [0.5, 0.6) is 5.75 Å². The molecule has 1 fully saturated rings. The highest BCUT2D eigenvalue weighted by Gasteiger charge is 2.30. The van der Waals surface area contributed by atoms with Gasteiger partial charge in [0.25, 0.3) is 5.91 Å². The number of esters is 1. The zero-order valence-corrected chi connectivity index (χ0v) is 17.1. The van der Waals surface area contributed by atoms with E-state index in [9.17, 15) is 19.2 Å². The van der Waals surface area contributed by atoms with Gasteiger partial charge in [0.05, 0.1) is 24.0 Å². The summed E-state index contributed by atoms with van der Waals surface area (Å²) in [7, 11) is 1.45. The highest BCUT2D eigenvalue weighted by Crippen LogP contribution is 2.28. The zero-order valence-electron chi connectivity index (χ0n) is 16.3. The van der Waals surface area contributed by atoms with E-state index < -0.39 is 18.0 Å². The predicted octanol–water partition coefficient (Wildman–Crippen LogP) is 3.19. The maximum atomic E-state index is 12.4. The molecule has 0 unspecified atom stereocenters. The summed E-state index contributed by atoms with van der Waals surface area (Å²) in [6.45, 7) is 1.43. The minimum absolute atomic E-state index is 0.173. The molecular formula is C21H19ClN2O6. The molecule has 9 heteroatoms. The lowest BCUT2D eigenvalue weighted by Crippen LogP contribution is -2.30. The van der Waals surface area contributed by atoms with Gasteiger partial charge in [0.15, 0.2) is 6.10 Å². The van der Waals surface area contributed by atoms with Crippen molar-refractivity contribution in [2.45, 2.75) is 25.9 Å². The number of hydrogen-bond acceptors (Lipinski definition) is 6. The molecular weight excluding hydrogens is 412 g/mol. The second kappa shape index (κ2) is 8.96. The van der Waals surface area contributed by atoms with Crippen LogP contribution in [-0.4, -0.2) is 36.9 Å². The van der Waals surface area contributed by atoms with Crippen molar-refractivity contribution >= 4 is 46.7 Å². The van der Waals surface area contributed by atoms with Gasteiger partial charge in [0.2, 0.25) is 11.8 Å². The third-order valence-electron chi connectivity index (χ3n) is 4.49. The molecule has 2 aromatic carbocycles. The van der Waals surface area contributed by atoms with E-state index >= 15 is 0 Å². The largest absolute Gasteiger partial charge is 0.495 e. The minimum atomic E-state index is -1.09. The highest BCUT2D eigenvalue weighted by atomic mass is 35.5. The number of methoxy groups -OCH3 is 1. The Morgan fingerprint density at radius 1 is 1.07 bits per heavy atom. The van der Waals surface area contributed by atoms with Crippen LogP contribution < -0.4 is 15.0 Å². The average molecular weight is 431 g/mol. The highest BCUT2D eigenvalue weighted by molar-refractivity contribution is 6.31. The van der Waals surface area contributed by atoms with Gasteiger partial charge < -0.3 is 14.8 Å². The smallest absolute Gasteiger partial charge is 0.338 e. The van der Waals surface area contributed by atoms with Crippen molar-refractivity contribution in [2.75, 3.05) is 17.3 Å². The number of halogens is 1. The van der Waals surface area contributed by atoms with Crippen molar-refractivity contribution in [1.29, 1.82) is 0 Å². The van der Waals surface area contributed by atoms with E-state index in [-0.39, 0.29) is 30.2 Å². The number of rotatable bonds is 6. The molecule has 156 valence electrons. The first kappa shape index (κ1) is 21.3. The van der Waals surface area contributed by atoms with Crippen molar-refractivity contribution in [3.63, 3.8) is 0 Å². The first-order valence-electron chi connectivity index (χ1n) is 9.11. The van der Waals surface area contributed by atoms with Gasteiger partial charge in [0.1, 0.15) is 5.75 Å². The SMILES string of the molecule is COc1ccc(Cl)cc1NC(=O)[C@H](C)OC(=O)c1ccc(N2C(=O)CCC2=O)cc1. The van der Waals surface area contributed by atoms with Gasteiger partial charge in [0, 0.05) is 17.9 Å². The molecule has 8 nitrogen and oxygen atoms in total. The van der Waals surface area contributed by atoms with Crippen molar-refractivity contribution < 1.29 is 28.7 Å². The van der Waals surface area contributed by atoms with E-state index in [0.29, 0.717) is 22.1 Å². The van der Waals surface area contributed by atoms with Crippen LogP contribution in [0.15, 0.2) is 42.5 Å². The molecule has 0 aliphatic carbocycles. The molecule has 3 amide bonds. The third kappa shape index (κ3) is 4.60. The molecule has 1 aliphatic heterocycles. The molecule has 0 bridgehead atoms. The quantitative estimate of drug-likeness (QED) is 0.557. The van der Waals surface area contributed by atoms with Crippen LogP contribution in [0.2, 0.25) is 5.02 Å². The molecule has 2 aromatic rings. The first-order chi connectivity index (χ1) is 14.3. The Bertz CT molecular complexity index is 989. The fraction of sp³-hybridized carbons (Fsp3) is 0.238. The zero-order chi connectivity index (χ0) is 21.8. The van der Waals surface area contributed by atoms with Crippen LogP contribution in [0.3, 0.4) is 0 Å². The van der Waals surface area contributed by atoms with Gasteiger partial charge in [-0.2, -0.15) is 0 Å². The second-order valence-corrected chi connectivity index (χ2v) is 6.99. The number of ether oxygens (including phenoxy) is 2. The van der Waals surface area contributed by atoms with Gasteiger partial charge in [-0.15, -0.1) is 0 Å². The number of benzene rings is 2. The Morgan fingerprint density at radius 3 is 2.30 bits per heavy atom. The van der Waals surface area contributed by atoms with Crippen molar-refractivity contribution in [1.82, 2.24) is 0 Å². The summed E-state index contributed by atoms with van der Waals surface area (Å²) in [5.74, 6) is -1.43. The Kier molecular flexibility index (Phi) is 6.37. The number of nitrogens with zero attached hydrogens (tertiary/aromatic N) is 1. The number of nitrogens with one attached hydrogen (secondary N) is 1. The fourth-order valence-electron chi connectivity index (χ4n) is 2.91. The molecule has 1 heterocycles. The summed E-state index contributed by atoms with van der Waals surface area (Å²) in [5, 5.41) is 3.02. The van der Waals surface area contributed by atoms with E-state index in [1.807, 2.05) is 0 Å². The number of carbonyl (C=O) groups is 4. The lowest BCUT2D eigenvalue weighted by Gasteiger charge is -2.16. The lowest BCUT2D eigenvalue weighted by atomic mass is 10.2. The van der Waals surface area contributed by atoms with Gasteiger partial charge in [-0.25, -0.2) is 4.79 Å². The standard InChI is InChI=1S/C21H19ClN2O6/c1-12(20(27)23-16-11-14(22)5-8-17(16)29-2)30-21(28)13-3-6-15(7-4-13)24-18(25)9-10-19(24)26/h3-8,11-12H,9-10H2,1-2H3,(H,23,27)/t12-/m0/s1. The summed E-state index contributed by atoms with van der Waals surface area (Å²) < 4.78 is 10.4. The number of imide groups is 1. The molecule has 0 radical (unpaired) electrons. The molecule has 1 saturated heterocycles. The Morgan fingerprint density at radius 2 is 1.70 bits per heavy atom. The number of amides is 3. The predicted molar refractivity (Wildman–Crippen MR) is 110 cm³/mol. The first-order valence-corrected chi connectivity index (χ1v) is 9.49. The number of anilines is 2.